The second kappa shape index (κ2) is 6.41. The number of hydrogen-bond donors (Lipinski definition) is 2. The lowest BCUT2D eigenvalue weighted by Crippen LogP contribution is -2.41. The fraction of sp³-hybridized carbons (Fsp3) is 0.467. The van der Waals surface area contributed by atoms with E-state index in [2.05, 4.69) is 10.6 Å². The standard InChI is InChI=1S/C15H21N3O2/c1-11(19)18-8-6-13(7-9-18)17-14-5-3-4-12(10-14)15(20)16-2/h3-5,10,13,17H,6-9H2,1-2H3,(H,16,20). The molecule has 5 nitrogen and oxygen atoms in total. The average Bonchev–Trinajstić information content (AvgIpc) is 2.47. The highest BCUT2D eigenvalue weighted by Gasteiger charge is 2.20. The van der Waals surface area contributed by atoms with Crippen LogP contribution in [0.5, 0.6) is 0 Å². The van der Waals surface area contributed by atoms with Crippen LogP contribution in [0.15, 0.2) is 24.3 Å². The minimum Gasteiger partial charge on any atom is -0.382 e. The van der Waals surface area contributed by atoms with Crippen LogP contribution < -0.4 is 10.6 Å². The molecule has 0 unspecified atom stereocenters. The Labute approximate surface area is 119 Å². The Morgan fingerprint density at radius 1 is 1.25 bits per heavy atom. The summed E-state index contributed by atoms with van der Waals surface area (Å²) >= 11 is 0. The smallest absolute Gasteiger partial charge is 0.251 e. The molecule has 1 aliphatic rings. The van der Waals surface area contributed by atoms with Gasteiger partial charge in [-0.05, 0) is 31.0 Å². The zero-order chi connectivity index (χ0) is 14.5. The number of amides is 2. The number of nitrogens with one attached hydrogen (secondary N) is 2. The summed E-state index contributed by atoms with van der Waals surface area (Å²) in [6.45, 7) is 3.20. The predicted molar refractivity (Wildman–Crippen MR) is 78.7 cm³/mol. The van der Waals surface area contributed by atoms with Crippen molar-refractivity contribution >= 4 is 17.5 Å². The monoisotopic (exact) mass is 275 g/mol. The molecule has 0 spiro atoms. The second-order valence-corrected chi connectivity index (χ2v) is 5.08. The third-order valence-corrected chi connectivity index (χ3v) is 3.66. The molecule has 0 radical (unpaired) electrons. The molecule has 0 aliphatic carbocycles. The topological polar surface area (TPSA) is 61.4 Å². The van der Waals surface area contributed by atoms with E-state index in [9.17, 15) is 9.59 Å². The number of carbonyl (C=O) groups excluding carboxylic acids is 2. The predicted octanol–water partition coefficient (Wildman–Crippen LogP) is 1.47. The number of carbonyl (C=O) groups is 2. The highest BCUT2D eigenvalue weighted by molar-refractivity contribution is 5.94. The van der Waals surface area contributed by atoms with E-state index in [1.165, 1.54) is 0 Å². The van der Waals surface area contributed by atoms with Gasteiger partial charge in [0.2, 0.25) is 5.91 Å². The highest BCUT2D eigenvalue weighted by Crippen LogP contribution is 2.18. The Morgan fingerprint density at radius 3 is 2.55 bits per heavy atom. The Balaban J connectivity index is 1.94. The van der Waals surface area contributed by atoms with Gasteiger partial charge in [-0.15, -0.1) is 0 Å². The van der Waals surface area contributed by atoms with Gasteiger partial charge >= 0.3 is 0 Å². The highest BCUT2D eigenvalue weighted by atomic mass is 16.2. The van der Waals surface area contributed by atoms with Crippen molar-refractivity contribution < 1.29 is 9.59 Å². The number of piperidine rings is 1. The van der Waals surface area contributed by atoms with E-state index < -0.39 is 0 Å². The van der Waals surface area contributed by atoms with Crippen LogP contribution in [0.1, 0.15) is 30.1 Å². The molecular formula is C15H21N3O2. The van der Waals surface area contributed by atoms with Gasteiger partial charge in [-0.3, -0.25) is 9.59 Å². The number of likely N-dealkylation sites (tertiary alicyclic amines) is 1. The minimum atomic E-state index is -0.0833. The normalized spacial score (nSPS) is 15.8. The van der Waals surface area contributed by atoms with Gasteiger partial charge in [0.05, 0.1) is 0 Å². The molecule has 1 saturated heterocycles. The van der Waals surface area contributed by atoms with E-state index in [1.54, 1.807) is 20.0 Å². The van der Waals surface area contributed by atoms with Crippen LogP contribution in [0.3, 0.4) is 0 Å². The van der Waals surface area contributed by atoms with E-state index in [4.69, 9.17) is 0 Å². The lowest BCUT2D eigenvalue weighted by molar-refractivity contribution is -0.129. The summed E-state index contributed by atoms with van der Waals surface area (Å²) in [7, 11) is 1.62. The Kier molecular flexibility index (Phi) is 4.61. The molecule has 2 N–H and O–H groups in total. The molecule has 1 aromatic carbocycles. The fourth-order valence-electron chi connectivity index (χ4n) is 2.47. The van der Waals surface area contributed by atoms with Crippen LogP contribution in [-0.2, 0) is 4.79 Å². The molecular weight excluding hydrogens is 254 g/mol. The van der Waals surface area contributed by atoms with Crippen molar-refractivity contribution in [2.45, 2.75) is 25.8 Å². The van der Waals surface area contributed by atoms with Gasteiger partial charge < -0.3 is 15.5 Å². The third-order valence-electron chi connectivity index (χ3n) is 3.66. The van der Waals surface area contributed by atoms with E-state index in [-0.39, 0.29) is 11.8 Å². The average molecular weight is 275 g/mol. The summed E-state index contributed by atoms with van der Waals surface area (Å²) in [5.41, 5.74) is 1.60. The van der Waals surface area contributed by atoms with Crippen molar-refractivity contribution in [3.8, 4) is 0 Å². The van der Waals surface area contributed by atoms with Gasteiger partial charge in [0.15, 0.2) is 0 Å². The van der Waals surface area contributed by atoms with Crippen molar-refractivity contribution in [3.63, 3.8) is 0 Å². The summed E-state index contributed by atoms with van der Waals surface area (Å²) in [6.07, 6.45) is 1.87. The molecule has 108 valence electrons. The number of benzene rings is 1. The van der Waals surface area contributed by atoms with Crippen LogP contribution in [0.25, 0.3) is 0 Å². The van der Waals surface area contributed by atoms with Crippen molar-refractivity contribution in [2.75, 3.05) is 25.5 Å². The summed E-state index contributed by atoms with van der Waals surface area (Å²) < 4.78 is 0. The van der Waals surface area contributed by atoms with Crippen LogP contribution in [-0.4, -0.2) is 42.9 Å². The first-order valence-corrected chi connectivity index (χ1v) is 6.94. The molecule has 5 heteroatoms. The second-order valence-electron chi connectivity index (χ2n) is 5.08. The van der Waals surface area contributed by atoms with Crippen LogP contribution in [0.2, 0.25) is 0 Å². The fourth-order valence-corrected chi connectivity index (χ4v) is 2.47. The SMILES string of the molecule is CNC(=O)c1cccc(NC2CCN(C(C)=O)CC2)c1. The number of anilines is 1. The summed E-state index contributed by atoms with van der Waals surface area (Å²) in [4.78, 5) is 24.7. The Hall–Kier alpha value is -2.04. The maximum Gasteiger partial charge on any atom is 0.251 e. The Bertz CT molecular complexity index is 494. The molecule has 0 atom stereocenters. The van der Waals surface area contributed by atoms with E-state index in [0.29, 0.717) is 11.6 Å². The molecule has 1 heterocycles. The maximum absolute atomic E-state index is 11.6. The maximum atomic E-state index is 11.6. The van der Waals surface area contributed by atoms with Gasteiger partial charge in [-0.2, -0.15) is 0 Å². The first-order valence-electron chi connectivity index (χ1n) is 6.94. The molecule has 0 aromatic heterocycles. The van der Waals surface area contributed by atoms with Crippen molar-refractivity contribution in [2.24, 2.45) is 0 Å². The molecule has 20 heavy (non-hydrogen) atoms. The van der Waals surface area contributed by atoms with Crippen LogP contribution in [0, 0.1) is 0 Å². The summed E-state index contributed by atoms with van der Waals surface area (Å²) in [5.74, 6) is 0.0603. The van der Waals surface area contributed by atoms with E-state index >= 15 is 0 Å². The third kappa shape index (κ3) is 3.50. The molecule has 1 fully saturated rings. The molecule has 2 rings (SSSR count). The summed E-state index contributed by atoms with van der Waals surface area (Å²) in [6, 6.07) is 7.84. The Morgan fingerprint density at radius 2 is 1.95 bits per heavy atom. The zero-order valence-electron chi connectivity index (χ0n) is 12.0. The molecule has 0 bridgehead atoms. The van der Waals surface area contributed by atoms with Crippen LogP contribution in [0.4, 0.5) is 5.69 Å². The van der Waals surface area contributed by atoms with Gasteiger partial charge in [-0.25, -0.2) is 0 Å². The van der Waals surface area contributed by atoms with Gasteiger partial charge in [0.25, 0.3) is 5.91 Å². The quantitative estimate of drug-likeness (QED) is 0.878. The first-order chi connectivity index (χ1) is 9.60. The van der Waals surface area contributed by atoms with E-state index in [1.807, 2.05) is 23.1 Å². The largest absolute Gasteiger partial charge is 0.382 e. The van der Waals surface area contributed by atoms with Crippen molar-refractivity contribution in [1.29, 1.82) is 0 Å². The lowest BCUT2D eigenvalue weighted by atomic mass is 10.0. The first kappa shape index (κ1) is 14.4. The van der Waals surface area contributed by atoms with Gasteiger partial charge in [-0.1, -0.05) is 6.07 Å². The molecule has 1 aliphatic heterocycles. The minimum absolute atomic E-state index is 0.0833. The number of rotatable bonds is 3. The molecule has 0 saturated carbocycles. The van der Waals surface area contributed by atoms with Gasteiger partial charge in [0, 0.05) is 44.4 Å². The summed E-state index contributed by atoms with van der Waals surface area (Å²) in [5, 5.41) is 6.06. The van der Waals surface area contributed by atoms with Crippen LogP contribution >= 0.6 is 0 Å². The number of nitrogens with zero attached hydrogens (tertiary/aromatic N) is 1. The van der Waals surface area contributed by atoms with Crippen molar-refractivity contribution in [1.82, 2.24) is 10.2 Å². The van der Waals surface area contributed by atoms with Gasteiger partial charge in [0.1, 0.15) is 0 Å². The lowest BCUT2D eigenvalue weighted by Gasteiger charge is -2.32. The van der Waals surface area contributed by atoms with Crippen molar-refractivity contribution in [3.05, 3.63) is 29.8 Å². The molecule has 1 aromatic rings. The zero-order valence-corrected chi connectivity index (χ0v) is 12.0. The van der Waals surface area contributed by atoms with E-state index in [0.717, 1.165) is 31.6 Å². The molecule has 2 amide bonds. The number of hydrogen-bond acceptors (Lipinski definition) is 3.